The van der Waals surface area contributed by atoms with Crippen molar-refractivity contribution < 1.29 is 17.6 Å². The lowest BCUT2D eigenvalue weighted by molar-refractivity contribution is -0.115. The van der Waals surface area contributed by atoms with Crippen molar-refractivity contribution >= 4 is 44.4 Å². The minimum Gasteiger partial charge on any atom is -0.324 e. The van der Waals surface area contributed by atoms with Crippen molar-refractivity contribution in [3.05, 3.63) is 51.4 Å². The van der Waals surface area contributed by atoms with Gasteiger partial charge in [0.1, 0.15) is 5.82 Å². The molecule has 1 heterocycles. The number of carbonyl (C=O) groups is 1. The fraction of sp³-hybridized carbons (Fsp3) is 0.214. The molecule has 0 aliphatic rings. The number of hydrogen-bond acceptors (Lipinski definition) is 4. The predicted octanol–water partition coefficient (Wildman–Crippen LogP) is 3.48. The summed E-state index contributed by atoms with van der Waals surface area (Å²) in [6.45, 7) is 0. The Morgan fingerprint density at radius 1 is 1.23 bits per heavy atom. The largest absolute Gasteiger partial charge is 0.324 e. The number of hydrogen-bond donors (Lipinski definition) is 1. The molecule has 118 valence electrons. The molecule has 0 fully saturated rings. The maximum Gasteiger partial charge on any atom is 0.225 e. The maximum absolute atomic E-state index is 13.4. The quantitative estimate of drug-likeness (QED) is 0.856. The Kier molecular flexibility index (Phi) is 5.55. The summed E-state index contributed by atoms with van der Waals surface area (Å²) in [5.41, 5.74) is 0.0370. The second-order valence-electron chi connectivity index (χ2n) is 4.58. The number of carbonyl (C=O) groups excluding carboxylic acids is 1. The van der Waals surface area contributed by atoms with Crippen LogP contribution in [0.15, 0.2) is 36.4 Å². The number of nitrogens with one attached hydrogen (secondary N) is 1. The summed E-state index contributed by atoms with van der Waals surface area (Å²) in [4.78, 5) is 12.3. The van der Waals surface area contributed by atoms with Gasteiger partial charge in [-0.2, -0.15) is 0 Å². The van der Waals surface area contributed by atoms with E-state index in [2.05, 4.69) is 5.32 Å². The van der Waals surface area contributed by atoms with Crippen molar-refractivity contribution in [1.82, 2.24) is 0 Å². The van der Waals surface area contributed by atoms with Gasteiger partial charge in [-0.15, -0.1) is 11.3 Å². The zero-order valence-electron chi connectivity index (χ0n) is 11.4. The zero-order chi connectivity index (χ0) is 16.2. The third-order valence-corrected chi connectivity index (χ3v) is 5.77. The fourth-order valence-electron chi connectivity index (χ4n) is 1.74. The molecule has 0 bridgehead atoms. The van der Waals surface area contributed by atoms with E-state index >= 15 is 0 Å². The molecular weight excluding hydrogens is 349 g/mol. The monoisotopic (exact) mass is 361 g/mol. The molecule has 0 aliphatic heterocycles. The van der Waals surface area contributed by atoms with Crippen LogP contribution in [0.1, 0.15) is 11.3 Å². The molecule has 8 heteroatoms. The van der Waals surface area contributed by atoms with E-state index in [1.165, 1.54) is 29.5 Å². The van der Waals surface area contributed by atoms with Crippen LogP contribution in [0.5, 0.6) is 0 Å². The molecule has 4 nitrogen and oxygen atoms in total. The summed E-state index contributed by atoms with van der Waals surface area (Å²) in [6.07, 6.45) is -0.226. The molecule has 0 aliphatic carbocycles. The molecule has 0 unspecified atom stereocenters. The van der Waals surface area contributed by atoms with Crippen LogP contribution >= 0.6 is 22.9 Å². The Balaban J connectivity index is 1.89. The van der Waals surface area contributed by atoms with Crippen molar-refractivity contribution in [2.75, 3.05) is 11.1 Å². The first kappa shape index (κ1) is 16.9. The van der Waals surface area contributed by atoms with E-state index in [1.54, 1.807) is 18.2 Å². The normalized spacial score (nSPS) is 11.4. The smallest absolute Gasteiger partial charge is 0.225 e. The van der Waals surface area contributed by atoms with Gasteiger partial charge < -0.3 is 5.32 Å². The molecule has 1 aromatic heterocycles. The number of amides is 1. The van der Waals surface area contributed by atoms with Gasteiger partial charge in [0.05, 0.1) is 21.5 Å². The number of sulfone groups is 1. The molecule has 1 N–H and O–H groups in total. The third-order valence-electron chi connectivity index (χ3n) is 2.78. The van der Waals surface area contributed by atoms with E-state index in [4.69, 9.17) is 11.6 Å². The van der Waals surface area contributed by atoms with E-state index in [0.29, 0.717) is 9.21 Å². The summed E-state index contributed by atoms with van der Waals surface area (Å²) in [7, 11) is -3.42. The topological polar surface area (TPSA) is 63.2 Å². The van der Waals surface area contributed by atoms with Crippen LogP contribution in [0.25, 0.3) is 0 Å². The molecule has 0 spiro atoms. The number of thiophene rings is 1. The highest BCUT2D eigenvalue weighted by molar-refractivity contribution is 7.90. The van der Waals surface area contributed by atoms with Gasteiger partial charge in [0.25, 0.3) is 0 Å². The van der Waals surface area contributed by atoms with E-state index < -0.39 is 21.6 Å². The molecule has 0 saturated heterocycles. The van der Waals surface area contributed by atoms with Crippen LogP contribution < -0.4 is 5.32 Å². The van der Waals surface area contributed by atoms with E-state index in [-0.39, 0.29) is 23.6 Å². The Morgan fingerprint density at radius 2 is 1.95 bits per heavy atom. The van der Waals surface area contributed by atoms with E-state index in [0.717, 1.165) is 0 Å². The summed E-state index contributed by atoms with van der Waals surface area (Å²) in [5, 5.41) is 2.35. The highest BCUT2D eigenvalue weighted by Gasteiger charge is 2.16. The van der Waals surface area contributed by atoms with Crippen LogP contribution in [-0.2, 0) is 20.4 Å². The molecule has 1 aromatic carbocycles. The highest BCUT2D eigenvalue weighted by Crippen LogP contribution is 2.23. The van der Waals surface area contributed by atoms with Gasteiger partial charge in [-0.3, -0.25) is 4.79 Å². The molecule has 0 saturated carbocycles. The number of rotatable bonds is 6. The summed E-state index contributed by atoms with van der Waals surface area (Å²) >= 11 is 6.94. The van der Waals surface area contributed by atoms with Crippen molar-refractivity contribution in [3.63, 3.8) is 0 Å². The molecular formula is C14H13ClFNO3S2. The summed E-state index contributed by atoms with van der Waals surface area (Å²) in [5.74, 6) is -1.56. The molecule has 22 heavy (non-hydrogen) atoms. The number of halogens is 2. The predicted molar refractivity (Wildman–Crippen MR) is 86.5 cm³/mol. The fourth-order valence-corrected chi connectivity index (χ4v) is 4.57. The van der Waals surface area contributed by atoms with Gasteiger partial charge in [-0.05, 0) is 24.3 Å². The van der Waals surface area contributed by atoms with Gasteiger partial charge >= 0.3 is 0 Å². The Morgan fingerprint density at radius 3 is 2.59 bits per heavy atom. The minimum absolute atomic E-state index is 0.0370. The van der Waals surface area contributed by atoms with Gasteiger partial charge in [0, 0.05) is 11.3 Å². The lowest BCUT2D eigenvalue weighted by Gasteiger charge is -2.06. The SMILES string of the molecule is O=C(CCS(=O)(=O)Cc1ccc(Cl)s1)Nc1ccccc1F. The average molecular weight is 362 g/mol. The molecule has 2 rings (SSSR count). The molecule has 1 amide bonds. The second kappa shape index (κ2) is 7.21. The first-order valence-electron chi connectivity index (χ1n) is 6.35. The van der Waals surface area contributed by atoms with E-state index in [1.807, 2.05) is 0 Å². The van der Waals surface area contributed by atoms with Gasteiger partial charge in [0.15, 0.2) is 9.84 Å². The standard InChI is InChI=1S/C14H13ClFNO3S2/c15-13-6-5-10(21-13)9-22(19,20)8-7-14(18)17-12-4-2-1-3-11(12)16/h1-6H,7-9H2,(H,17,18). The van der Waals surface area contributed by atoms with Crippen molar-refractivity contribution in [3.8, 4) is 0 Å². The first-order valence-corrected chi connectivity index (χ1v) is 9.36. The van der Waals surface area contributed by atoms with Gasteiger partial charge in [-0.25, -0.2) is 12.8 Å². The molecule has 0 radical (unpaired) electrons. The zero-order valence-corrected chi connectivity index (χ0v) is 13.8. The third kappa shape index (κ3) is 5.08. The van der Waals surface area contributed by atoms with Gasteiger partial charge in [-0.1, -0.05) is 23.7 Å². The Labute approximate surface area is 136 Å². The summed E-state index contributed by atoms with van der Waals surface area (Å²) < 4.78 is 37.8. The number of benzene rings is 1. The van der Waals surface area contributed by atoms with Crippen LogP contribution in [0.2, 0.25) is 4.34 Å². The molecule has 0 atom stereocenters. The first-order chi connectivity index (χ1) is 10.4. The molecule has 2 aromatic rings. The van der Waals surface area contributed by atoms with Crippen LogP contribution in [0.3, 0.4) is 0 Å². The van der Waals surface area contributed by atoms with Crippen LogP contribution in [0, 0.1) is 5.82 Å². The van der Waals surface area contributed by atoms with Crippen molar-refractivity contribution in [2.24, 2.45) is 0 Å². The number of anilines is 1. The lowest BCUT2D eigenvalue weighted by atomic mass is 10.3. The lowest BCUT2D eigenvalue weighted by Crippen LogP contribution is -2.18. The van der Waals surface area contributed by atoms with Crippen molar-refractivity contribution in [1.29, 1.82) is 0 Å². The number of para-hydroxylation sites is 1. The van der Waals surface area contributed by atoms with Crippen LogP contribution in [-0.4, -0.2) is 20.1 Å². The summed E-state index contributed by atoms with van der Waals surface area (Å²) in [6, 6.07) is 8.98. The minimum atomic E-state index is -3.42. The Bertz CT molecular complexity index is 774. The second-order valence-corrected chi connectivity index (χ2v) is 8.56. The van der Waals surface area contributed by atoms with Crippen molar-refractivity contribution in [2.45, 2.75) is 12.2 Å². The average Bonchev–Trinajstić information content (AvgIpc) is 2.84. The highest BCUT2D eigenvalue weighted by atomic mass is 35.5. The van der Waals surface area contributed by atoms with Crippen LogP contribution in [0.4, 0.5) is 10.1 Å². The Hall–Kier alpha value is -1.44. The maximum atomic E-state index is 13.4. The van der Waals surface area contributed by atoms with E-state index in [9.17, 15) is 17.6 Å². The van der Waals surface area contributed by atoms with Gasteiger partial charge in [0.2, 0.25) is 5.91 Å².